The van der Waals surface area contributed by atoms with Crippen molar-refractivity contribution in [3.63, 3.8) is 0 Å². The first-order valence-electron chi connectivity index (χ1n) is 10.9. The summed E-state index contributed by atoms with van der Waals surface area (Å²) in [5.74, 6) is -0.333. The van der Waals surface area contributed by atoms with E-state index in [2.05, 4.69) is 25.6 Å². The van der Waals surface area contributed by atoms with Crippen molar-refractivity contribution in [2.75, 3.05) is 24.3 Å². The molecule has 1 aromatic carbocycles. The minimum Gasteiger partial charge on any atom is -0.494 e. The molecule has 4 rings (SSSR count). The molecule has 1 aliphatic carbocycles. The molecule has 1 saturated carbocycles. The second-order valence-corrected chi connectivity index (χ2v) is 9.62. The number of alkyl halides is 3. The monoisotopic (exact) mass is 513 g/mol. The maximum absolute atomic E-state index is 12.8. The smallest absolute Gasteiger partial charge is 0.405 e. The summed E-state index contributed by atoms with van der Waals surface area (Å²) in [4.78, 5) is 13.0. The van der Waals surface area contributed by atoms with Crippen LogP contribution >= 0.6 is 11.3 Å². The van der Waals surface area contributed by atoms with Gasteiger partial charge in [0.2, 0.25) is 5.95 Å². The van der Waals surface area contributed by atoms with Crippen molar-refractivity contribution in [1.29, 1.82) is 0 Å². The SMILES string of the molecule is COc1cccc2sc(-c3c(C)nc(NCC(F)(F)F)nc3NC3(O)CCC(C(C)O)C3O)nc12. The number of halogens is 3. The van der Waals surface area contributed by atoms with Gasteiger partial charge >= 0.3 is 6.18 Å². The van der Waals surface area contributed by atoms with Gasteiger partial charge in [-0.1, -0.05) is 6.07 Å². The zero-order valence-electron chi connectivity index (χ0n) is 19.2. The van der Waals surface area contributed by atoms with E-state index < -0.39 is 36.6 Å². The molecule has 3 aromatic rings. The maximum atomic E-state index is 12.8. The number of aromatic nitrogens is 3. The molecule has 2 aromatic heterocycles. The predicted octanol–water partition coefficient (Wildman–Crippen LogP) is 3.30. The molecule has 0 amide bonds. The van der Waals surface area contributed by atoms with E-state index in [0.29, 0.717) is 34.0 Å². The summed E-state index contributed by atoms with van der Waals surface area (Å²) in [5, 5.41) is 37.3. The van der Waals surface area contributed by atoms with Crippen LogP contribution in [0.5, 0.6) is 5.75 Å². The number of aryl methyl sites for hydroxylation is 1. The third kappa shape index (κ3) is 5.13. The van der Waals surface area contributed by atoms with Gasteiger partial charge in [0.1, 0.15) is 34.7 Å². The first-order chi connectivity index (χ1) is 16.4. The molecule has 13 heteroatoms. The molecule has 0 bridgehead atoms. The van der Waals surface area contributed by atoms with Gasteiger partial charge in [-0.05, 0) is 38.8 Å². The summed E-state index contributed by atoms with van der Waals surface area (Å²) in [6, 6.07) is 5.42. The van der Waals surface area contributed by atoms with Crippen LogP contribution < -0.4 is 15.4 Å². The second kappa shape index (κ2) is 9.37. The quantitative estimate of drug-likeness (QED) is 0.302. The number of hydrogen-bond acceptors (Lipinski definition) is 10. The van der Waals surface area contributed by atoms with E-state index in [1.165, 1.54) is 25.4 Å². The molecule has 4 atom stereocenters. The molecule has 0 saturated heterocycles. The number of benzene rings is 1. The number of nitrogens with zero attached hydrogens (tertiary/aromatic N) is 3. The minimum absolute atomic E-state index is 0.00740. The van der Waals surface area contributed by atoms with Gasteiger partial charge < -0.3 is 30.7 Å². The number of methoxy groups -OCH3 is 1. The van der Waals surface area contributed by atoms with E-state index in [1.54, 1.807) is 13.0 Å². The molecular formula is C22H26F3N5O4S. The van der Waals surface area contributed by atoms with Crippen LogP contribution in [0.1, 0.15) is 25.5 Å². The molecule has 190 valence electrons. The van der Waals surface area contributed by atoms with E-state index in [0.717, 1.165) is 4.70 Å². The number of thiazole rings is 1. The minimum atomic E-state index is -4.49. The molecule has 9 nitrogen and oxygen atoms in total. The zero-order valence-corrected chi connectivity index (χ0v) is 20.0. The standard InChI is InChI=1S/C22H26F3N5O4S/c1-10-15(19-28-16-13(34-3)5-4-6-14(16)35-19)18(29-20(27-10)26-9-22(23,24)25)30-21(33)8-7-12(11(2)31)17(21)32/h4-6,11-12,17,31-33H,7-9H2,1-3H3,(H2,26,27,29,30). The highest BCUT2D eigenvalue weighted by Gasteiger charge is 2.49. The first kappa shape index (κ1) is 25.4. The van der Waals surface area contributed by atoms with Gasteiger partial charge in [0.25, 0.3) is 0 Å². The lowest BCUT2D eigenvalue weighted by molar-refractivity contribution is -0.115. The Balaban J connectivity index is 1.80. The summed E-state index contributed by atoms with van der Waals surface area (Å²) in [5.41, 5.74) is -0.596. The van der Waals surface area contributed by atoms with E-state index >= 15 is 0 Å². The normalized spacial score (nSPS) is 23.5. The molecule has 0 radical (unpaired) electrons. The van der Waals surface area contributed by atoms with E-state index in [9.17, 15) is 28.5 Å². The Morgan fingerprint density at radius 3 is 2.66 bits per heavy atom. The van der Waals surface area contributed by atoms with Crippen molar-refractivity contribution in [3.8, 4) is 16.3 Å². The Morgan fingerprint density at radius 2 is 2.03 bits per heavy atom. The highest BCUT2D eigenvalue weighted by molar-refractivity contribution is 7.21. The second-order valence-electron chi connectivity index (χ2n) is 8.59. The van der Waals surface area contributed by atoms with Crippen LogP contribution in [0, 0.1) is 12.8 Å². The fraction of sp³-hybridized carbons (Fsp3) is 0.500. The Kier molecular flexibility index (Phi) is 6.79. The summed E-state index contributed by atoms with van der Waals surface area (Å²) < 4.78 is 44.5. The lowest BCUT2D eigenvalue weighted by Gasteiger charge is -2.32. The lowest BCUT2D eigenvalue weighted by atomic mass is 9.98. The molecule has 1 aliphatic rings. The topological polar surface area (TPSA) is 133 Å². The maximum Gasteiger partial charge on any atom is 0.405 e. The molecular weight excluding hydrogens is 487 g/mol. The highest BCUT2D eigenvalue weighted by Crippen LogP contribution is 2.42. The predicted molar refractivity (Wildman–Crippen MR) is 125 cm³/mol. The van der Waals surface area contributed by atoms with Gasteiger partial charge in [0.15, 0.2) is 5.72 Å². The Hall–Kier alpha value is -2.74. The summed E-state index contributed by atoms with van der Waals surface area (Å²) >= 11 is 1.30. The molecule has 5 N–H and O–H groups in total. The lowest BCUT2D eigenvalue weighted by Crippen LogP contribution is -2.49. The van der Waals surface area contributed by atoms with Crippen molar-refractivity contribution < 1.29 is 33.2 Å². The summed E-state index contributed by atoms with van der Waals surface area (Å²) in [6.07, 6.45) is -6.28. The number of anilines is 2. The number of rotatable bonds is 7. The number of nitrogens with one attached hydrogen (secondary N) is 2. The molecule has 0 aliphatic heterocycles. The van der Waals surface area contributed by atoms with Crippen molar-refractivity contribution in [3.05, 3.63) is 23.9 Å². The number of aliphatic hydroxyl groups is 3. The van der Waals surface area contributed by atoms with Crippen molar-refractivity contribution >= 4 is 33.3 Å². The molecule has 1 fully saturated rings. The third-order valence-electron chi connectivity index (χ3n) is 6.06. The van der Waals surface area contributed by atoms with Gasteiger partial charge in [-0.3, -0.25) is 0 Å². The van der Waals surface area contributed by atoms with E-state index in [4.69, 9.17) is 4.74 Å². The zero-order chi connectivity index (χ0) is 25.5. The van der Waals surface area contributed by atoms with Crippen LogP contribution in [0.15, 0.2) is 18.2 Å². The number of para-hydroxylation sites is 1. The van der Waals surface area contributed by atoms with Crippen molar-refractivity contribution in [1.82, 2.24) is 15.0 Å². The van der Waals surface area contributed by atoms with Crippen LogP contribution in [-0.4, -0.2) is 68.0 Å². The fourth-order valence-electron chi connectivity index (χ4n) is 4.27. The Labute approximate surface area is 203 Å². The first-order valence-corrected chi connectivity index (χ1v) is 11.7. The number of hydrogen-bond donors (Lipinski definition) is 5. The third-order valence-corrected chi connectivity index (χ3v) is 7.10. The fourth-order valence-corrected chi connectivity index (χ4v) is 5.35. The van der Waals surface area contributed by atoms with Crippen LogP contribution in [0.4, 0.5) is 24.9 Å². The average Bonchev–Trinajstić information content (AvgIpc) is 3.32. The number of ether oxygens (including phenoxy) is 1. The van der Waals surface area contributed by atoms with Gasteiger partial charge in [-0.25, -0.2) is 9.97 Å². The number of fused-ring (bicyclic) bond motifs is 1. The Bertz CT molecular complexity index is 1220. The average molecular weight is 514 g/mol. The summed E-state index contributed by atoms with van der Waals surface area (Å²) in [6.45, 7) is 1.77. The molecule has 35 heavy (non-hydrogen) atoms. The van der Waals surface area contributed by atoms with Gasteiger partial charge in [0, 0.05) is 5.92 Å². The van der Waals surface area contributed by atoms with Crippen molar-refractivity contribution in [2.45, 2.75) is 50.8 Å². The van der Waals surface area contributed by atoms with Crippen molar-refractivity contribution in [2.24, 2.45) is 5.92 Å². The van der Waals surface area contributed by atoms with Crippen LogP contribution in [0.25, 0.3) is 20.8 Å². The van der Waals surface area contributed by atoms with E-state index in [-0.39, 0.29) is 18.2 Å². The largest absolute Gasteiger partial charge is 0.494 e. The van der Waals surface area contributed by atoms with Crippen LogP contribution in [0.3, 0.4) is 0 Å². The molecule has 2 heterocycles. The molecule has 0 spiro atoms. The van der Waals surface area contributed by atoms with Gasteiger partial charge in [0.05, 0.1) is 29.2 Å². The Morgan fingerprint density at radius 1 is 1.29 bits per heavy atom. The highest BCUT2D eigenvalue weighted by atomic mass is 32.1. The summed E-state index contributed by atoms with van der Waals surface area (Å²) in [7, 11) is 1.52. The van der Waals surface area contributed by atoms with Gasteiger partial charge in [-0.2, -0.15) is 18.2 Å². The van der Waals surface area contributed by atoms with Crippen LogP contribution in [-0.2, 0) is 0 Å². The van der Waals surface area contributed by atoms with E-state index in [1.807, 2.05) is 12.1 Å². The number of aliphatic hydroxyl groups excluding tert-OH is 2. The molecule has 4 unspecified atom stereocenters. The van der Waals surface area contributed by atoms with Gasteiger partial charge in [-0.15, -0.1) is 11.3 Å². The van der Waals surface area contributed by atoms with Crippen LogP contribution in [0.2, 0.25) is 0 Å².